The van der Waals surface area contributed by atoms with Crippen molar-refractivity contribution in [2.75, 3.05) is 31.6 Å². The summed E-state index contributed by atoms with van der Waals surface area (Å²) in [7, 11) is 1.88. The fourth-order valence-corrected chi connectivity index (χ4v) is 3.69. The first-order valence-corrected chi connectivity index (χ1v) is 8.88. The summed E-state index contributed by atoms with van der Waals surface area (Å²) in [6.45, 7) is 8.22. The highest BCUT2D eigenvalue weighted by molar-refractivity contribution is 7.09. The van der Waals surface area contributed by atoms with Gasteiger partial charge < -0.3 is 10.1 Å². The van der Waals surface area contributed by atoms with Crippen molar-refractivity contribution in [2.45, 2.75) is 26.9 Å². The second kappa shape index (κ2) is 7.00. The minimum Gasteiger partial charge on any atom is -0.368 e. The minimum absolute atomic E-state index is 0.0230. The van der Waals surface area contributed by atoms with Gasteiger partial charge in [0, 0.05) is 31.2 Å². The highest BCUT2D eigenvalue weighted by Gasteiger charge is 2.26. The molecule has 3 heterocycles. The highest BCUT2D eigenvalue weighted by atomic mass is 32.1. The maximum atomic E-state index is 12.4. The number of carbonyl (C=O) groups excluding carboxylic acids is 1. The Morgan fingerprint density at radius 2 is 2.25 bits per heavy atom. The van der Waals surface area contributed by atoms with Gasteiger partial charge in [0.15, 0.2) is 0 Å². The maximum absolute atomic E-state index is 12.4. The molecule has 2 aromatic heterocycles. The molecule has 1 fully saturated rings. The first-order valence-electron chi connectivity index (χ1n) is 8.00. The van der Waals surface area contributed by atoms with Crippen LogP contribution in [0.25, 0.3) is 0 Å². The number of aryl methyl sites for hydroxylation is 3. The van der Waals surface area contributed by atoms with Gasteiger partial charge >= 0.3 is 0 Å². The number of anilines is 1. The van der Waals surface area contributed by atoms with Gasteiger partial charge in [0.1, 0.15) is 11.1 Å². The lowest BCUT2D eigenvalue weighted by Crippen LogP contribution is -2.42. The lowest BCUT2D eigenvalue weighted by Gasteiger charge is -2.31. The van der Waals surface area contributed by atoms with Crippen LogP contribution >= 0.6 is 11.3 Å². The van der Waals surface area contributed by atoms with Gasteiger partial charge in [-0.25, -0.2) is 4.98 Å². The summed E-state index contributed by atoms with van der Waals surface area (Å²) in [6, 6.07) is 0. The summed E-state index contributed by atoms with van der Waals surface area (Å²) >= 11 is 1.61. The normalized spacial score (nSPS) is 18.8. The van der Waals surface area contributed by atoms with E-state index in [1.807, 2.05) is 33.2 Å². The lowest BCUT2D eigenvalue weighted by atomic mass is 10.2. The van der Waals surface area contributed by atoms with E-state index in [-0.39, 0.29) is 12.0 Å². The smallest absolute Gasteiger partial charge is 0.238 e. The van der Waals surface area contributed by atoms with E-state index in [9.17, 15) is 4.79 Å². The Morgan fingerprint density at radius 1 is 1.46 bits per heavy atom. The molecule has 1 N–H and O–H groups in total. The fourth-order valence-electron chi connectivity index (χ4n) is 2.85. The van der Waals surface area contributed by atoms with E-state index in [1.54, 1.807) is 16.0 Å². The third kappa shape index (κ3) is 3.66. The summed E-state index contributed by atoms with van der Waals surface area (Å²) in [6.07, 6.45) is -0.0490. The largest absolute Gasteiger partial charge is 0.368 e. The number of hydrogen-bond acceptors (Lipinski definition) is 6. The van der Waals surface area contributed by atoms with Crippen LogP contribution in [0.15, 0.2) is 5.38 Å². The molecule has 7 nitrogen and oxygen atoms in total. The van der Waals surface area contributed by atoms with Crippen molar-refractivity contribution < 1.29 is 9.53 Å². The molecule has 1 aliphatic heterocycles. The van der Waals surface area contributed by atoms with Crippen molar-refractivity contribution in [3.63, 3.8) is 0 Å². The Kier molecular flexibility index (Phi) is 4.98. The van der Waals surface area contributed by atoms with Crippen LogP contribution < -0.4 is 5.32 Å². The fraction of sp³-hybridized carbons (Fsp3) is 0.562. The molecule has 130 valence electrons. The van der Waals surface area contributed by atoms with Crippen LogP contribution in [0, 0.1) is 20.8 Å². The Balaban J connectivity index is 1.60. The monoisotopic (exact) mass is 349 g/mol. The van der Waals surface area contributed by atoms with Crippen LogP contribution in [0.5, 0.6) is 0 Å². The molecule has 0 bridgehead atoms. The van der Waals surface area contributed by atoms with Crippen molar-refractivity contribution in [3.8, 4) is 0 Å². The molecule has 8 heteroatoms. The zero-order valence-corrected chi connectivity index (χ0v) is 15.3. The molecule has 1 saturated heterocycles. The molecule has 3 rings (SSSR count). The Bertz CT molecular complexity index is 739. The zero-order chi connectivity index (χ0) is 17.3. The van der Waals surface area contributed by atoms with Crippen molar-refractivity contribution in [1.29, 1.82) is 0 Å². The average molecular weight is 349 g/mol. The van der Waals surface area contributed by atoms with E-state index in [4.69, 9.17) is 4.74 Å². The molecule has 1 atom stereocenters. The number of rotatable bonds is 4. The van der Waals surface area contributed by atoms with Crippen LogP contribution in [-0.2, 0) is 16.6 Å². The van der Waals surface area contributed by atoms with E-state index in [0.717, 1.165) is 34.3 Å². The molecule has 0 unspecified atom stereocenters. The second-order valence-corrected chi connectivity index (χ2v) is 7.03. The van der Waals surface area contributed by atoms with Crippen LogP contribution in [0.3, 0.4) is 0 Å². The molecule has 0 radical (unpaired) electrons. The molecule has 0 aliphatic carbocycles. The summed E-state index contributed by atoms with van der Waals surface area (Å²) in [5.74, 6) is -0.0230. The third-order valence-corrected chi connectivity index (χ3v) is 5.26. The van der Waals surface area contributed by atoms with Gasteiger partial charge in [-0.15, -0.1) is 11.3 Å². The highest BCUT2D eigenvalue weighted by Crippen LogP contribution is 2.25. The summed E-state index contributed by atoms with van der Waals surface area (Å²) in [5.41, 5.74) is 3.61. The number of aromatic nitrogens is 3. The predicted molar refractivity (Wildman–Crippen MR) is 93.3 cm³/mol. The molecule has 0 spiro atoms. The SMILES string of the molecule is Cc1csc([C@H]2CN(CC(=O)Nc3c(C)nn(C)c3C)CCO2)n1. The van der Waals surface area contributed by atoms with E-state index < -0.39 is 0 Å². The van der Waals surface area contributed by atoms with Gasteiger partial charge in [-0.05, 0) is 20.8 Å². The van der Waals surface area contributed by atoms with Crippen molar-refractivity contribution in [2.24, 2.45) is 7.05 Å². The topological polar surface area (TPSA) is 72.3 Å². The Hall–Kier alpha value is -1.77. The van der Waals surface area contributed by atoms with Crippen LogP contribution in [0.4, 0.5) is 5.69 Å². The Morgan fingerprint density at radius 3 is 2.88 bits per heavy atom. The molecular formula is C16H23N5O2S. The molecule has 1 amide bonds. The quantitative estimate of drug-likeness (QED) is 0.911. The van der Waals surface area contributed by atoms with Crippen LogP contribution in [0.2, 0.25) is 0 Å². The van der Waals surface area contributed by atoms with Crippen molar-refractivity contribution in [1.82, 2.24) is 19.7 Å². The van der Waals surface area contributed by atoms with Crippen molar-refractivity contribution >= 4 is 22.9 Å². The minimum atomic E-state index is -0.0490. The maximum Gasteiger partial charge on any atom is 0.238 e. The zero-order valence-electron chi connectivity index (χ0n) is 14.5. The number of morpholine rings is 1. The predicted octanol–water partition coefficient (Wildman–Crippen LogP) is 1.81. The van der Waals surface area contributed by atoms with Gasteiger partial charge in [0.25, 0.3) is 0 Å². The van der Waals surface area contributed by atoms with Gasteiger partial charge in [0.2, 0.25) is 5.91 Å². The molecule has 24 heavy (non-hydrogen) atoms. The number of ether oxygens (including phenoxy) is 1. The number of thiazole rings is 1. The lowest BCUT2D eigenvalue weighted by molar-refractivity contribution is -0.119. The number of carbonyl (C=O) groups is 1. The summed E-state index contributed by atoms with van der Waals surface area (Å²) in [5, 5.41) is 10.3. The van der Waals surface area contributed by atoms with Gasteiger partial charge in [-0.3, -0.25) is 14.4 Å². The number of nitrogens with one attached hydrogen (secondary N) is 1. The van der Waals surface area contributed by atoms with Crippen molar-refractivity contribution in [3.05, 3.63) is 27.5 Å². The summed E-state index contributed by atoms with van der Waals surface area (Å²) in [4.78, 5) is 19.0. The van der Waals surface area contributed by atoms with E-state index in [2.05, 4.69) is 20.3 Å². The standard InChI is InChI=1S/C16H23N5O2S/c1-10-9-24-16(17-10)13-7-21(5-6-23-13)8-14(22)18-15-11(2)19-20(4)12(15)3/h9,13H,5-8H2,1-4H3,(H,18,22)/t13-/m1/s1. The van der Waals surface area contributed by atoms with E-state index >= 15 is 0 Å². The van der Waals surface area contributed by atoms with Gasteiger partial charge in [-0.2, -0.15) is 5.10 Å². The molecule has 2 aromatic rings. The number of amides is 1. The molecule has 0 saturated carbocycles. The first-order chi connectivity index (χ1) is 11.4. The Labute approximate surface area is 145 Å². The van der Waals surface area contributed by atoms with Crippen LogP contribution in [0.1, 0.15) is 28.2 Å². The summed E-state index contributed by atoms with van der Waals surface area (Å²) < 4.78 is 7.59. The van der Waals surface area contributed by atoms with Gasteiger partial charge in [-0.1, -0.05) is 0 Å². The number of hydrogen-bond donors (Lipinski definition) is 1. The molecular weight excluding hydrogens is 326 g/mol. The van der Waals surface area contributed by atoms with Gasteiger partial charge in [0.05, 0.1) is 30.2 Å². The number of nitrogens with zero attached hydrogens (tertiary/aromatic N) is 4. The third-order valence-electron chi connectivity index (χ3n) is 4.20. The van der Waals surface area contributed by atoms with E-state index in [0.29, 0.717) is 19.7 Å². The average Bonchev–Trinajstić information content (AvgIpc) is 3.07. The first kappa shape index (κ1) is 17.1. The molecule has 1 aliphatic rings. The van der Waals surface area contributed by atoms with E-state index in [1.165, 1.54) is 0 Å². The van der Waals surface area contributed by atoms with Crippen LogP contribution in [-0.4, -0.2) is 51.8 Å². The molecule has 0 aromatic carbocycles. The second-order valence-electron chi connectivity index (χ2n) is 6.14.